The first-order valence-corrected chi connectivity index (χ1v) is 6.91. The summed E-state index contributed by atoms with van der Waals surface area (Å²) in [5.41, 5.74) is -1.01. The van der Waals surface area contributed by atoms with Crippen LogP contribution in [0.3, 0.4) is 0 Å². The van der Waals surface area contributed by atoms with Crippen molar-refractivity contribution in [2.45, 2.75) is 70.4 Å². The lowest BCUT2D eigenvalue weighted by molar-refractivity contribution is -0.156. The fourth-order valence-electron chi connectivity index (χ4n) is 1.12. The SMILES string of the molecule is CC(C)(C)OC(=O)CC[C@H](Br)C(=O)OC(C)(C)C. The minimum Gasteiger partial charge on any atom is -0.460 e. The van der Waals surface area contributed by atoms with Crippen LogP contribution < -0.4 is 0 Å². The van der Waals surface area contributed by atoms with Gasteiger partial charge in [0.05, 0.1) is 0 Å². The van der Waals surface area contributed by atoms with Crippen molar-refractivity contribution < 1.29 is 19.1 Å². The van der Waals surface area contributed by atoms with Gasteiger partial charge in [-0.05, 0) is 48.0 Å². The van der Waals surface area contributed by atoms with E-state index in [4.69, 9.17) is 9.47 Å². The molecular weight excluding hydrogens is 300 g/mol. The van der Waals surface area contributed by atoms with E-state index in [0.29, 0.717) is 6.42 Å². The van der Waals surface area contributed by atoms with Crippen LogP contribution in [0.15, 0.2) is 0 Å². The van der Waals surface area contributed by atoms with E-state index in [2.05, 4.69) is 15.9 Å². The second kappa shape index (κ2) is 6.55. The van der Waals surface area contributed by atoms with E-state index >= 15 is 0 Å². The first-order chi connectivity index (χ1) is 7.91. The zero-order chi connectivity index (χ0) is 14.6. The fourth-order valence-corrected chi connectivity index (χ4v) is 1.44. The van der Waals surface area contributed by atoms with Crippen molar-refractivity contribution in [3.05, 3.63) is 0 Å². The highest BCUT2D eigenvalue weighted by atomic mass is 79.9. The third-order valence-corrected chi connectivity index (χ3v) is 2.52. The summed E-state index contributed by atoms with van der Waals surface area (Å²) >= 11 is 3.22. The van der Waals surface area contributed by atoms with E-state index in [-0.39, 0.29) is 18.4 Å². The molecule has 18 heavy (non-hydrogen) atoms. The molecule has 0 aliphatic carbocycles. The highest BCUT2D eigenvalue weighted by Crippen LogP contribution is 2.17. The average molecular weight is 323 g/mol. The van der Waals surface area contributed by atoms with Gasteiger partial charge < -0.3 is 9.47 Å². The third-order valence-electron chi connectivity index (χ3n) is 1.68. The Balaban J connectivity index is 4.07. The Morgan fingerprint density at radius 3 is 1.83 bits per heavy atom. The van der Waals surface area contributed by atoms with Gasteiger partial charge >= 0.3 is 11.9 Å². The maximum absolute atomic E-state index is 11.6. The highest BCUT2D eigenvalue weighted by molar-refractivity contribution is 9.10. The molecule has 0 aliphatic heterocycles. The topological polar surface area (TPSA) is 52.6 Å². The Morgan fingerprint density at radius 2 is 1.44 bits per heavy atom. The van der Waals surface area contributed by atoms with E-state index in [1.54, 1.807) is 20.8 Å². The molecule has 0 saturated heterocycles. The summed E-state index contributed by atoms with van der Waals surface area (Å²) in [6.07, 6.45) is 0.552. The Hall–Kier alpha value is -0.580. The monoisotopic (exact) mass is 322 g/mol. The van der Waals surface area contributed by atoms with Crippen LogP contribution in [0.1, 0.15) is 54.4 Å². The molecule has 0 radical (unpaired) electrons. The van der Waals surface area contributed by atoms with Crippen molar-refractivity contribution in [3.63, 3.8) is 0 Å². The minimum absolute atomic E-state index is 0.187. The number of hydrogen-bond donors (Lipinski definition) is 0. The number of ether oxygens (including phenoxy) is 2. The normalized spacial score (nSPS) is 13.9. The summed E-state index contributed by atoms with van der Waals surface area (Å²) in [4.78, 5) is 22.6. The molecule has 0 amide bonds. The zero-order valence-corrected chi connectivity index (χ0v) is 13.6. The van der Waals surface area contributed by atoms with Gasteiger partial charge in [-0.3, -0.25) is 9.59 Å². The molecule has 0 aromatic carbocycles. The summed E-state index contributed by atoms with van der Waals surface area (Å²) in [5, 5.41) is 0. The summed E-state index contributed by atoms with van der Waals surface area (Å²) in [5.74, 6) is -0.665. The maximum Gasteiger partial charge on any atom is 0.320 e. The van der Waals surface area contributed by atoms with Crippen molar-refractivity contribution in [2.24, 2.45) is 0 Å². The molecule has 0 aliphatic rings. The summed E-state index contributed by atoms with van der Waals surface area (Å²) in [6, 6.07) is 0. The Bertz CT molecular complexity index is 299. The van der Waals surface area contributed by atoms with E-state index in [9.17, 15) is 9.59 Å². The smallest absolute Gasteiger partial charge is 0.320 e. The summed E-state index contributed by atoms with van der Waals surface area (Å²) < 4.78 is 10.4. The van der Waals surface area contributed by atoms with Crippen molar-refractivity contribution in [1.82, 2.24) is 0 Å². The van der Waals surface area contributed by atoms with Crippen LogP contribution in [0, 0.1) is 0 Å². The van der Waals surface area contributed by atoms with Crippen LogP contribution in [0.25, 0.3) is 0 Å². The van der Waals surface area contributed by atoms with Gasteiger partial charge in [-0.15, -0.1) is 0 Å². The predicted octanol–water partition coefficient (Wildman–Crippen LogP) is 3.21. The number of carbonyl (C=O) groups is 2. The zero-order valence-electron chi connectivity index (χ0n) is 12.0. The average Bonchev–Trinajstić information content (AvgIpc) is 2.08. The molecule has 0 heterocycles. The summed E-state index contributed by atoms with van der Waals surface area (Å²) in [7, 11) is 0. The van der Waals surface area contributed by atoms with Crippen molar-refractivity contribution >= 4 is 27.9 Å². The van der Waals surface area contributed by atoms with Gasteiger partial charge in [0.2, 0.25) is 0 Å². The van der Waals surface area contributed by atoms with E-state index < -0.39 is 16.0 Å². The molecule has 0 bridgehead atoms. The van der Waals surface area contributed by atoms with Gasteiger partial charge in [0, 0.05) is 6.42 Å². The number of halogens is 1. The molecule has 0 aromatic rings. The van der Waals surface area contributed by atoms with Gasteiger partial charge in [-0.2, -0.15) is 0 Å². The lowest BCUT2D eigenvalue weighted by Crippen LogP contribution is -2.30. The largest absolute Gasteiger partial charge is 0.460 e. The molecular formula is C13H23BrO4. The van der Waals surface area contributed by atoms with Crippen LogP contribution in [-0.2, 0) is 19.1 Å². The molecule has 0 saturated carbocycles. The fraction of sp³-hybridized carbons (Fsp3) is 0.846. The van der Waals surface area contributed by atoms with Gasteiger partial charge in [0.15, 0.2) is 0 Å². The van der Waals surface area contributed by atoms with Crippen LogP contribution >= 0.6 is 15.9 Å². The van der Waals surface area contributed by atoms with Crippen LogP contribution in [0.2, 0.25) is 0 Å². The van der Waals surface area contributed by atoms with Gasteiger partial charge in [0.25, 0.3) is 0 Å². The maximum atomic E-state index is 11.6. The number of rotatable bonds is 4. The Labute approximate surface area is 118 Å². The highest BCUT2D eigenvalue weighted by Gasteiger charge is 2.24. The molecule has 0 rings (SSSR count). The lowest BCUT2D eigenvalue weighted by Gasteiger charge is -2.22. The van der Waals surface area contributed by atoms with Gasteiger partial charge in [-0.1, -0.05) is 15.9 Å². The molecule has 0 fully saturated rings. The molecule has 4 nitrogen and oxygen atoms in total. The molecule has 1 atom stereocenters. The molecule has 0 N–H and O–H groups in total. The molecule has 106 valence electrons. The lowest BCUT2D eigenvalue weighted by atomic mass is 10.1. The van der Waals surface area contributed by atoms with Crippen LogP contribution in [-0.4, -0.2) is 28.0 Å². The molecule has 0 spiro atoms. The summed E-state index contributed by atoms with van der Waals surface area (Å²) in [6.45, 7) is 10.8. The van der Waals surface area contributed by atoms with E-state index in [0.717, 1.165) is 0 Å². The van der Waals surface area contributed by atoms with E-state index in [1.807, 2.05) is 20.8 Å². The first-order valence-electron chi connectivity index (χ1n) is 5.99. The first kappa shape index (κ1) is 17.4. The second-order valence-electron chi connectivity index (χ2n) is 6.13. The number of esters is 2. The minimum atomic E-state index is -0.519. The standard InChI is InChI=1S/C13H23BrO4/c1-12(2,3)17-10(15)8-7-9(14)11(16)18-13(4,5)6/h9H,7-8H2,1-6H3/t9-/m0/s1. The van der Waals surface area contributed by atoms with Crippen molar-refractivity contribution in [3.8, 4) is 0 Å². The Kier molecular flexibility index (Phi) is 6.34. The van der Waals surface area contributed by atoms with Gasteiger partial charge in [0.1, 0.15) is 16.0 Å². The number of hydrogen-bond acceptors (Lipinski definition) is 4. The van der Waals surface area contributed by atoms with Gasteiger partial charge in [-0.25, -0.2) is 0 Å². The van der Waals surface area contributed by atoms with Crippen molar-refractivity contribution in [1.29, 1.82) is 0 Å². The Morgan fingerprint density at radius 1 is 1.00 bits per heavy atom. The number of alkyl halides is 1. The molecule has 0 aromatic heterocycles. The van der Waals surface area contributed by atoms with E-state index in [1.165, 1.54) is 0 Å². The number of carbonyl (C=O) groups excluding carboxylic acids is 2. The third kappa shape index (κ3) is 9.45. The quantitative estimate of drug-likeness (QED) is 0.589. The predicted molar refractivity (Wildman–Crippen MR) is 73.6 cm³/mol. The molecule has 5 heteroatoms. The second-order valence-corrected chi connectivity index (χ2v) is 7.23. The van der Waals surface area contributed by atoms with Crippen LogP contribution in [0.5, 0.6) is 0 Å². The van der Waals surface area contributed by atoms with Crippen molar-refractivity contribution in [2.75, 3.05) is 0 Å². The molecule has 0 unspecified atom stereocenters. The van der Waals surface area contributed by atoms with Crippen LogP contribution in [0.4, 0.5) is 0 Å².